The summed E-state index contributed by atoms with van der Waals surface area (Å²) in [7, 11) is 0.937. The van der Waals surface area contributed by atoms with Crippen LogP contribution in [0.4, 0.5) is 42.8 Å². The van der Waals surface area contributed by atoms with E-state index in [1.807, 2.05) is 0 Å². The van der Waals surface area contributed by atoms with Crippen molar-refractivity contribution in [1.82, 2.24) is 20.3 Å². The number of rotatable bonds is 4. The van der Waals surface area contributed by atoms with Crippen LogP contribution in [-0.2, 0) is 12.4 Å². The van der Waals surface area contributed by atoms with E-state index in [0.29, 0.717) is 17.6 Å². The highest BCUT2D eigenvalue weighted by Gasteiger charge is 2.40. The first-order valence-electron chi connectivity index (χ1n) is 10.5. The summed E-state index contributed by atoms with van der Waals surface area (Å²) in [6.45, 7) is 1.37. The molecule has 0 saturated carbocycles. The van der Waals surface area contributed by atoms with Crippen molar-refractivity contribution in [2.75, 3.05) is 30.4 Å². The Kier molecular flexibility index (Phi) is 6.25. The molecule has 1 saturated heterocycles. The van der Waals surface area contributed by atoms with Crippen LogP contribution in [0.25, 0.3) is 22.2 Å². The summed E-state index contributed by atoms with van der Waals surface area (Å²) in [5.41, 5.74) is -4.59. The van der Waals surface area contributed by atoms with Crippen molar-refractivity contribution in [2.45, 2.75) is 31.2 Å². The van der Waals surface area contributed by atoms with Gasteiger partial charge in [0.15, 0.2) is 0 Å². The molecule has 1 aliphatic heterocycles. The number of aromatic nitrogens is 3. The number of hydrogen-bond acceptors (Lipinski definition) is 5. The second-order valence-electron chi connectivity index (χ2n) is 8.07. The van der Waals surface area contributed by atoms with Gasteiger partial charge in [-0.2, -0.15) is 26.3 Å². The molecule has 1 atom stereocenters. The molecule has 1 fully saturated rings. The van der Waals surface area contributed by atoms with Crippen LogP contribution in [0.3, 0.4) is 0 Å². The van der Waals surface area contributed by atoms with E-state index in [1.54, 1.807) is 0 Å². The van der Waals surface area contributed by atoms with Crippen molar-refractivity contribution in [1.29, 1.82) is 0 Å². The average molecular weight is 502 g/mol. The molecule has 1 aromatic carbocycles. The lowest BCUT2D eigenvalue weighted by Gasteiger charge is -2.24. The van der Waals surface area contributed by atoms with E-state index in [-0.39, 0.29) is 22.9 Å². The van der Waals surface area contributed by atoms with Crippen molar-refractivity contribution in [3.63, 3.8) is 0 Å². The Morgan fingerprint density at radius 3 is 2.54 bits per heavy atom. The maximum atomic E-state index is 13.9. The number of amides is 1. The molecular weight excluding hydrogens is 482 g/mol. The molecule has 188 valence electrons. The number of alkyl halides is 6. The van der Waals surface area contributed by atoms with Gasteiger partial charge in [0.05, 0.1) is 16.9 Å². The second kappa shape index (κ2) is 8.91. The summed E-state index contributed by atoms with van der Waals surface area (Å²) in [6, 6.07) is 1.91. The van der Waals surface area contributed by atoms with Gasteiger partial charge in [0, 0.05) is 43.0 Å². The maximum Gasteiger partial charge on any atom is 0.420 e. The highest BCUT2D eigenvalue weighted by Crippen LogP contribution is 2.45. The Labute approximate surface area is 194 Å². The fourth-order valence-electron chi connectivity index (χ4n) is 4.08. The van der Waals surface area contributed by atoms with Gasteiger partial charge in [0.1, 0.15) is 11.1 Å². The van der Waals surface area contributed by atoms with Crippen LogP contribution >= 0.6 is 0 Å². The molecule has 35 heavy (non-hydrogen) atoms. The zero-order valence-corrected chi connectivity index (χ0v) is 18.2. The minimum absolute atomic E-state index is 0.0886. The van der Waals surface area contributed by atoms with E-state index in [1.165, 1.54) is 0 Å². The fourth-order valence-corrected chi connectivity index (χ4v) is 4.08. The summed E-state index contributed by atoms with van der Waals surface area (Å²) < 4.78 is 83.2. The first kappa shape index (κ1) is 24.6. The van der Waals surface area contributed by atoms with E-state index in [2.05, 4.69) is 25.6 Å². The van der Waals surface area contributed by atoms with E-state index < -0.39 is 46.5 Å². The summed E-state index contributed by atoms with van der Waals surface area (Å²) in [5.74, 6) is -0.0886. The van der Waals surface area contributed by atoms with Crippen molar-refractivity contribution in [3.8, 4) is 11.3 Å². The third-order valence-corrected chi connectivity index (χ3v) is 5.75. The number of benzene rings is 1. The SMILES string of the molecule is CN(C(=O)O)c1ccc2c(-c3nc(N[C@H]4CCCNC4)ncc3C(F)(F)F)c[nH]c2c1C(F)(F)F. The normalized spacial score (nSPS) is 16.9. The van der Waals surface area contributed by atoms with Crippen molar-refractivity contribution in [3.05, 3.63) is 35.7 Å². The van der Waals surface area contributed by atoms with E-state index >= 15 is 0 Å². The molecule has 0 spiro atoms. The van der Waals surface area contributed by atoms with Crippen molar-refractivity contribution >= 4 is 28.6 Å². The Hall–Kier alpha value is -3.55. The Morgan fingerprint density at radius 2 is 1.94 bits per heavy atom. The van der Waals surface area contributed by atoms with E-state index in [0.717, 1.165) is 44.8 Å². The average Bonchev–Trinajstić information content (AvgIpc) is 3.21. The van der Waals surface area contributed by atoms with Crippen LogP contribution in [-0.4, -0.2) is 52.3 Å². The predicted molar refractivity (Wildman–Crippen MR) is 115 cm³/mol. The molecule has 0 unspecified atom stereocenters. The van der Waals surface area contributed by atoms with Gasteiger partial charge in [-0.3, -0.25) is 4.90 Å². The van der Waals surface area contributed by atoms with Crippen LogP contribution in [0.15, 0.2) is 24.5 Å². The molecule has 0 aliphatic carbocycles. The quantitative estimate of drug-likeness (QED) is 0.377. The number of halogens is 6. The number of carboxylic acid groups (broad SMARTS) is 1. The molecule has 3 aromatic rings. The predicted octanol–water partition coefficient (Wildman–Crippen LogP) is 4.94. The second-order valence-corrected chi connectivity index (χ2v) is 8.07. The monoisotopic (exact) mass is 502 g/mol. The lowest BCUT2D eigenvalue weighted by Crippen LogP contribution is -2.38. The fraction of sp³-hybridized carbons (Fsp3) is 0.381. The van der Waals surface area contributed by atoms with E-state index in [4.69, 9.17) is 5.11 Å². The van der Waals surface area contributed by atoms with Crippen LogP contribution in [0.5, 0.6) is 0 Å². The number of piperidine rings is 1. The van der Waals surface area contributed by atoms with Gasteiger partial charge >= 0.3 is 18.4 Å². The van der Waals surface area contributed by atoms with Crippen LogP contribution in [0.2, 0.25) is 0 Å². The van der Waals surface area contributed by atoms with Gasteiger partial charge in [-0.15, -0.1) is 0 Å². The summed E-state index contributed by atoms with van der Waals surface area (Å²) >= 11 is 0. The smallest absolute Gasteiger partial charge is 0.420 e. The topological polar surface area (TPSA) is 106 Å². The largest absolute Gasteiger partial charge is 0.465 e. The molecule has 8 nitrogen and oxygen atoms in total. The number of H-pyrrole nitrogens is 1. The molecular formula is C21H20F6N6O2. The van der Waals surface area contributed by atoms with Gasteiger partial charge in [-0.05, 0) is 25.5 Å². The zero-order valence-electron chi connectivity index (χ0n) is 18.2. The van der Waals surface area contributed by atoms with Gasteiger partial charge in [0.2, 0.25) is 5.95 Å². The zero-order chi connectivity index (χ0) is 25.5. The third kappa shape index (κ3) is 4.83. The van der Waals surface area contributed by atoms with Gasteiger partial charge < -0.3 is 20.7 Å². The van der Waals surface area contributed by atoms with Crippen molar-refractivity contribution < 1.29 is 36.2 Å². The highest BCUT2D eigenvalue weighted by molar-refractivity contribution is 6.01. The number of nitrogens with zero attached hydrogens (tertiary/aromatic N) is 3. The minimum atomic E-state index is -5.00. The number of aromatic amines is 1. The third-order valence-electron chi connectivity index (χ3n) is 5.75. The Bertz CT molecular complexity index is 1250. The van der Waals surface area contributed by atoms with E-state index in [9.17, 15) is 31.1 Å². The molecule has 0 bridgehead atoms. The lowest BCUT2D eigenvalue weighted by atomic mass is 10.0. The number of nitrogens with one attached hydrogen (secondary N) is 3. The molecule has 0 radical (unpaired) electrons. The number of fused-ring (bicyclic) bond motifs is 1. The lowest BCUT2D eigenvalue weighted by molar-refractivity contribution is -0.137. The van der Waals surface area contributed by atoms with Gasteiger partial charge in [-0.25, -0.2) is 14.8 Å². The minimum Gasteiger partial charge on any atom is -0.465 e. The summed E-state index contributed by atoms with van der Waals surface area (Å²) in [5, 5.41) is 15.1. The maximum absolute atomic E-state index is 13.9. The molecule has 3 heterocycles. The first-order valence-corrected chi connectivity index (χ1v) is 10.5. The number of hydrogen-bond donors (Lipinski definition) is 4. The highest BCUT2D eigenvalue weighted by atomic mass is 19.4. The van der Waals surface area contributed by atoms with Crippen LogP contribution in [0, 0.1) is 0 Å². The molecule has 1 aliphatic rings. The Balaban J connectivity index is 1.89. The van der Waals surface area contributed by atoms with Crippen LogP contribution in [0.1, 0.15) is 24.0 Å². The number of carbonyl (C=O) groups is 1. The first-order chi connectivity index (χ1) is 16.4. The molecule has 4 N–H and O–H groups in total. The summed E-state index contributed by atoms with van der Waals surface area (Å²) in [6.07, 6.45) is -8.33. The van der Waals surface area contributed by atoms with Crippen LogP contribution < -0.4 is 15.5 Å². The van der Waals surface area contributed by atoms with Gasteiger partial charge in [0.25, 0.3) is 0 Å². The van der Waals surface area contributed by atoms with Crippen molar-refractivity contribution in [2.24, 2.45) is 0 Å². The molecule has 1 amide bonds. The standard InChI is InChI=1S/C21H20F6N6O2/c1-33(19(34)35)14-5-4-11-12(8-29-17(11)15(14)21(25,26)27)16-13(20(22,23)24)9-30-18(32-16)31-10-3-2-6-28-7-10/h4-5,8-10,28-29H,2-3,6-7H2,1H3,(H,34,35)(H,30,31,32)/t10-/m0/s1. The number of anilines is 2. The molecule has 14 heteroatoms. The summed E-state index contributed by atoms with van der Waals surface area (Å²) in [4.78, 5) is 21.9. The molecule has 2 aromatic heterocycles. The van der Waals surface area contributed by atoms with Gasteiger partial charge in [-0.1, -0.05) is 6.07 Å². The Morgan fingerprint density at radius 1 is 1.20 bits per heavy atom. The molecule has 4 rings (SSSR count).